The maximum atomic E-state index is 11.4. The monoisotopic (exact) mass is 276 g/mol. The van der Waals surface area contributed by atoms with Crippen molar-refractivity contribution in [1.82, 2.24) is 4.90 Å². The summed E-state index contributed by atoms with van der Waals surface area (Å²) in [6, 6.07) is 4.14. The van der Waals surface area contributed by atoms with Gasteiger partial charge in [0.2, 0.25) is 5.91 Å². The van der Waals surface area contributed by atoms with Crippen LogP contribution in [0.5, 0.6) is 0 Å². The molecular formula is C15H24N4O. The van der Waals surface area contributed by atoms with Gasteiger partial charge in [-0.15, -0.1) is 0 Å². The van der Waals surface area contributed by atoms with Crippen LogP contribution >= 0.6 is 0 Å². The number of amides is 1. The molecule has 0 radical (unpaired) electrons. The lowest BCUT2D eigenvalue weighted by molar-refractivity contribution is -0.115. The van der Waals surface area contributed by atoms with E-state index in [4.69, 9.17) is 5.73 Å². The molecule has 5 heteroatoms. The number of nitrogens with two attached hydrogens (primary N) is 1. The molecule has 0 saturated carbocycles. The van der Waals surface area contributed by atoms with Crippen molar-refractivity contribution < 1.29 is 4.79 Å². The number of carbonyl (C=O) groups is 1. The smallest absolute Gasteiger partial charge is 0.228 e. The van der Waals surface area contributed by atoms with Crippen molar-refractivity contribution in [3.8, 4) is 0 Å². The highest BCUT2D eigenvalue weighted by atomic mass is 16.1. The molecule has 5 nitrogen and oxygen atoms in total. The van der Waals surface area contributed by atoms with Gasteiger partial charge in [0.1, 0.15) is 0 Å². The molecule has 20 heavy (non-hydrogen) atoms. The second kappa shape index (κ2) is 5.71. The number of rotatable bonds is 5. The van der Waals surface area contributed by atoms with E-state index in [9.17, 15) is 4.79 Å². The minimum absolute atomic E-state index is 0.0326. The zero-order valence-corrected chi connectivity index (χ0v) is 12.7. The van der Waals surface area contributed by atoms with Crippen molar-refractivity contribution in [2.45, 2.75) is 26.3 Å². The van der Waals surface area contributed by atoms with E-state index in [2.05, 4.69) is 43.5 Å². The minimum Gasteiger partial charge on any atom is -0.397 e. The van der Waals surface area contributed by atoms with Crippen molar-refractivity contribution in [3.63, 3.8) is 0 Å². The molecule has 2 rings (SSSR count). The van der Waals surface area contributed by atoms with Gasteiger partial charge in [0, 0.05) is 18.3 Å². The van der Waals surface area contributed by atoms with E-state index in [1.54, 1.807) is 0 Å². The average molecular weight is 276 g/mol. The van der Waals surface area contributed by atoms with E-state index in [1.807, 2.05) is 12.1 Å². The summed E-state index contributed by atoms with van der Waals surface area (Å²) in [5.41, 5.74) is 9.55. The molecule has 1 heterocycles. The third kappa shape index (κ3) is 3.22. The Balaban J connectivity index is 2.20. The summed E-state index contributed by atoms with van der Waals surface area (Å²) >= 11 is 0. The molecule has 1 aromatic carbocycles. The third-order valence-corrected chi connectivity index (χ3v) is 3.61. The molecule has 4 N–H and O–H groups in total. The van der Waals surface area contributed by atoms with Gasteiger partial charge in [-0.3, -0.25) is 4.79 Å². The summed E-state index contributed by atoms with van der Waals surface area (Å²) in [4.78, 5) is 13.6. The predicted molar refractivity (Wildman–Crippen MR) is 84.0 cm³/mol. The molecule has 110 valence electrons. The number of fused-ring (bicyclic) bond motifs is 1. The third-order valence-electron chi connectivity index (χ3n) is 3.61. The predicted octanol–water partition coefficient (Wildman–Crippen LogP) is 1.76. The Morgan fingerprint density at radius 3 is 2.70 bits per heavy atom. The van der Waals surface area contributed by atoms with E-state index in [1.165, 1.54) is 0 Å². The van der Waals surface area contributed by atoms with E-state index in [0.717, 1.165) is 23.5 Å². The first kappa shape index (κ1) is 14.7. The van der Waals surface area contributed by atoms with Crippen molar-refractivity contribution >= 4 is 23.0 Å². The number of anilines is 3. The number of hydrogen-bond donors (Lipinski definition) is 3. The van der Waals surface area contributed by atoms with Gasteiger partial charge >= 0.3 is 0 Å². The summed E-state index contributed by atoms with van der Waals surface area (Å²) in [5.74, 6) is 0.518. The standard InChI is InChI=1S/C15H24N4O/c1-9(2)14(8-19(3)4)17-13-7-12-10(5-11(13)16)6-15(20)18-12/h5,7,9,14,17H,6,8,16H2,1-4H3,(H,18,20). The lowest BCUT2D eigenvalue weighted by Gasteiger charge is -2.27. The summed E-state index contributed by atoms with van der Waals surface area (Å²) < 4.78 is 0. The Labute approximate surface area is 120 Å². The molecule has 0 aromatic heterocycles. The van der Waals surface area contributed by atoms with E-state index in [-0.39, 0.29) is 5.91 Å². The molecule has 1 amide bonds. The topological polar surface area (TPSA) is 70.4 Å². The fourth-order valence-corrected chi connectivity index (χ4v) is 2.43. The zero-order chi connectivity index (χ0) is 14.9. The van der Waals surface area contributed by atoms with Crippen LogP contribution in [0.25, 0.3) is 0 Å². The fraction of sp³-hybridized carbons (Fsp3) is 0.533. The Morgan fingerprint density at radius 2 is 2.10 bits per heavy atom. The Morgan fingerprint density at radius 1 is 1.40 bits per heavy atom. The van der Waals surface area contributed by atoms with E-state index < -0.39 is 0 Å². The quantitative estimate of drug-likeness (QED) is 0.717. The zero-order valence-electron chi connectivity index (χ0n) is 12.7. The van der Waals surface area contributed by atoms with Crippen LogP contribution < -0.4 is 16.4 Å². The first-order valence-corrected chi connectivity index (χ1v) is 7.00. The van der Waals surface area contributed by atoms with Crippen molar-refractivity contribution in [2.24, 2.45) is 5.92 Å². The number of nitrogens with zero attached hydrogens (tertiary/aromatic N) is 1. The molecule has 0 fully saturated rings. The lowest BCUT2D eigenvalue weighted by Crippen LogP contribution is -2.36. The Kier molecular flexibility index (Phi) is 4.18. The average Bonchev–Trinajstić information content (AvgIpc) is 2.67. The summed E-state index contributed by atoms with van der Waals surface area (Å²) in [6.07, 6.45) is 0.422. The van der Waals surface area contributed by atoms with Gasteiger partial charge in [0.05, 0.1) is 17.8 Å². The van der Waals surface area contributed by atoms with Gasteiger partial charge in [-0.2, -0.15) is 0 Å². The number of likely N-dealkylation sites (N-methyl/N-ethyl adjacent to an activating group) is 1. The Bertz CT molecular complexity index is 511. The summed E-state index contributed by atoms with van der Waals surface area (Å²) in [6.45, 7) is 5.31. The van der Waals surface area contributed by atoms with Crippen LogP contribution in [-0.4, -0.2) is 37.5 Å². The van der Waals surface area contributed by atoms with Crippen LogP contribution in [0.3, 0.4) is 0 Å². The maximum absolute atomic E-state index is 11.4. The molecular weight excluding hydrogens is 252 g/mol. The van der Waals surface area contributed by atoms with Crippen LogP contribution in [0.2, 0.25) is 0 Å². The molecule has 1 aromatic rings. The Hall–Kier alpha value is -1.75. The summed E-state index contributed by atoms with van der Waals surface area (Å²) in [5, 5.41) is 6.37. The number of hydrogen-bond acceptors (Lipinski definition) is 4. The van der Waals surface area contributed by atoms with Crippen LogP contribution in [0.15, 0.2) is 12.1 Å². The van der Waals surface area contributed by atoms with Crippen LogP contribution in [0.4, 0.5) is 17.1 Å². The van der Waals surface area contributed by atoms with Crippen LogP contribution in [-0.2, 0) is 11.2 Å². The molecule has 0 bridgehead atoms. The highest BCUT2D eigenvalue weighted by Crippen LogP contribution is 2.32. The lowest BCUT2D eigenvalue weighted by atomic mass is 10.0. The first-order chi connectivity index (χ1) is 9.36. The largest absolute Gasteiger partial charge is 0.397 e. The maximum Gasteiger partial charge on any atom is 0.228 e. The van der Waals surface area contributed by atoms with Crippen molar-refractivity contribution in [1.29, 1.82) is 0 Å². The van der Waals surface area contributed by atoms with Gasteiger partial charge < -0.3 is 21.3 Å². The molecule has 1 atom stereocenters. The SMILES string of the molecule is CC(C)C(CN(C)C)Nc1cc2c(cc1N)CC(=O)N2. The normalized spacial score (nSPS) is 15.4. The molecule has 1 aliphatic rings. The van der Waals surface area contributed by atoms with Gasteiger partial charge in [-0.25, -0.2) is 0 Å². The highest BCUT2D eigenvalue weighted by Gasteiger charge is 2.21. The van der Waals surface area contributed by atoms with E-state index >= 15 is 0 Å². The van der Waals surface area contributed by atoms with E-state index in [0.29, 0.717) is 24.1 Å². The van der Waals surface area contributed by atoms with Gasteiger partial charge in [0.25, 0.3) is 0 Å². The highest BCUT2D eigenvalue weighted by molar-refractivity contribution is 6.00. The van der Waals surface area contributed by atoms with Gasteiger partial charge in [-0.1, -0.05) is 13.8 Å². The summed E-state index contributed by atoms with van der Waals surface area (Å²) in [7, 11) is 4.12. The fourth-order valence-electron chi connectivity index (χ4n) is 2.43. The molecule has 0 saturated heterocycles. The van der Waals surface area contributed by atoms with Crippen molar-refractivity contribution in [3.05, 3.63) is 17.7 Å². The number of carbonyl (C=O) groups excluding carboxylic acids is 1. The molecule has 0 spiro atoms. The number of benzene rings is 1. The van der Waals surface area contributed by atoms with Gasteiger partial charge in [-0.05, 0) is 37.7 Å². The molecule has 0 aliphatic carbocycles. The van der Waals surface area contributed by atoms with Gasteiger partial charge in [0.15, 0.2) is 0 Å². The van der Waals surface area contributed by atoms with Crippen molar-refractivity contribution in [2.75, 3.05) is 37.0 Å². The second-order valence-corrected chi connectivity index (χ2v) is 6.08. The van der Waals surface area contributed by atoms with Crippen LogP contribution in [0, 0.1) is 5.92 Å². The number of nitrogens with one attached hydrogen (secondary N) is 2. The number of nitrogen functional groups attached to an aromatic ring is 1. The second-order valence-electron chi connectivity index (χ2n) is 6.08. The van der Waals surface area contributed by atoms with Crippen LogP contribution in [0.1, 0.15) is 19.4 Å². The minimum atomic E-state index is 0.0326. The molecule has 1 unspecified atom stereocenters. The molecule has 1 aliphatic heterocycles. The first-order valence-electron chi connectivity index (χ1n) is 7.00.